The Labute approximate surface area is 132 Å². The van der Waals surface area contributed by atoms with Gasteiger partial charge in [0, 0.05) is 27.6 Å². The lowest BCUT2D eigenvalue weighted by Gasteiger charge is -2.18. The van der Waals surface area contributed by atoms with E-state index in [-0.39, 0.29) is 5.97 Å². The third-order valence-corrected chi connectivity index (χ3v) is 3.42. The maximum atomic E-state index is 12.2. The molecule has 1 aromatic carbocycles. The van der Waals surface area contributed by atoms with Crippen molar-refractivity contribution in [3.63, 3.8) is 0 Å². The normalized spacial score (nSPS) is 11.8. The van der Waals surface area contributed by atoms with Crippen LogP contribution in [-0.2, 0) is 9.53 Å². The Hall–Kier alpha value is -1.88. The number of ether oxygens (including phenoxy) is 1. The Kier molecular flexibility index (Phi) is 5.33. The number of carbonyl (C=O) groups is 1. The van der Waals surface area contributed by atoms with Gasteiger partial charge in [0.15, 0.2) is 6.04 Å². The number of nitrogens with one attached hydrogen (secondary N) is 1. The van der Waals surface area contributed by atoms with Gasteiger partial charge in [0.2, 0.25) is 0 Å². The first-order chi connectivity index (χ1) is 10.1. The number of benzene rings is 1. The second-order valence-electron chi connectivity index (χ2n) is 4.57. The summed E-state index contributed by atoms with van der Waals surface area (Å²) in [4.78, 5) is 16.4. The van der Waals surface area contributed by atoms with Crippen LogP contribution in [0, 0.1) is 6.92 Å². The van der Waals surface area contributed by atoms with E-state index >= 15 is 0 Å². The van der Waals surface area contributed by atoms with E-state index in [4.69, 9.17) is 4.74 Å². The summed E-state index contributed by atoms with van der Waals surface area (Å²) in [5.41, 5.74) is 2.52. The Morgan fingerprint density at radius 3 is 2.81 bits per heavy atom. The summed E-state index contributed by atoms with van der Waals surface area (Å²) in [6.45, 7) is 4.04. The van der Waals surface area contributed by atoms with Gasteiger partial charge in [-0.2, -0.15) is 0 Å². The number of aryl methyl sites for hydroxylation is 1. The summed E-state index contributed by atoms with van der Waals surface area (Å²) in [5.74, 6) is -0.317. The molecule has 4 nitrogen and oxygen atoms in total. The van der Waals surface area contributed by atoms with Crippen molar-refractivity contribution in [3.05, 3.63) is 58.3 Å². The lowest BCUT2D eigenvalue weighted by molar-refractivity contribution is -0.144. The van der Waals surface area contributed by atoms with Crippen LogP contribution in [0.1, 0.15) is 24.2 Å². The summed E-state index contributed by atoms with van der Waals surface area (Å²) in [7, 11) is 0. The molecule has 1 atom stereocenters. The minimum absolute atomic E-state index is 0.317. The van der Waals surface area contributed by atoms with Crippen LogP contribution in [0.25, 0.3) is 0 Å². The predicted molar refractivity (Wildman–Crippen MR) is 86.1 cm³/mol. The number of aromatic nitrogens is 1. The number of carbonyl (C=O) groups excluding carboxylic acids is 1. The van der Waals surface area contributed by atoms with Crippen molar-refractivity contribution >= 4 is 27.6 Å². The number of pyridine rings is 1. The van der Waals surface area contributed by atoms with E-state index in [0.717, 1.165) is 21.4 Å². The van der Waals surface area contributed by atoms with Gasteiger partial charge >= 0.3 is 5.97 Å². The number of hydrogen-bond acceptors (Lipinski definition) is 4. The van der Waals surface area contributed by atoms with Crippen molar-refractivity contribution < 1.29 is 9.53 Å². The molecule has 0 amide bonds. The molecule has 1 heterocycles. The van der Waals surface area contributed by atoms with Crippen LogP contribution >= 0.6 is 15.9 Å². The molecule has 0 fully saturated rings. The maximum Gasteiger partial charge on any atom is 0.333 e. The summed E-state index contributed by atoms with van der Waals surface area (Å²) in [6.07, 6.45) is 1.70. The van der Waals surface area contributed by atoms with Crippen molar-refractivity contribution in [2.45, 2.75) is 19.9 Å². The molecular formula is C16H17BrN2O2. The maximum absolute atomic E-state index is 12.2. The lowest BCUT2D eigenvalue weighted by atomic mass is 10.1. The van der Waals surface area contributed by atoms with Gasteiger partial charge in [-0.05, 0) is 38.1 Å². The summed E-state index contributed by atoms with van der Waals surface area (Å²) in [6, 6.07) is 10.8. The molecule has 0 radical (unpaired) electrons. The smallest absolute Gasteiger partial charge is 0.333 e. The number of esters is 1. The third-order valence-electron chi connectivity index (χ3n) is 2.93. The van der Waals surface area contributed by atoms with Crippen LogP contribution in [0.2, 0.25) is 0 Å². The molecule has 5 heteroatoms. The molecule has 1 unspecified atom stereocenters. The fourth-order valence-corrected chi connectivity index (χ4v) is 2.30. The fraction of sp³-hybridized carbons (Fsp3) is 0.250. The minimum atomic E-state index is -0.577. The molecule has 0 aliphatic heterocycles. The van der Waals surface area contributed by atoms with E-state index < -0.39 is 6.04 Å². The monoisotopic (exact) mass is 348 g/mol. The first-order valence-corrected chi connectivity index (χ1v) is 7.50. The predicted octanol–water partition coefficient (Wildman–Crippen LogP) is 3.87. The zero-order valence-electron chi connectivity index (χ0n) is 12.0. The van der Waals surface area contributed by atoms with Crippen LogP contribution < -0.4 is 5.32 Å². The first kappa shape index (κ1) is 15.5. The largest absolute Gasteiger partial charge is 0.464 e. The summed E-state index contributed by atoms with van der Waals surface area (Å²) >= 11 is 3.42. The highest BCUT2D eigenvalue weighted by Gasteiger charge is 2.22. The van der Waals surface area contributed by atoms with Crippen LogP contribution in [0.3, 0.4) is 0 Å². The molecule has 21 heavy (non-hydrogen) atoms. The Bertz CT molecular complexity index is 614. The van der Waals surface area contributed by atoms with E-state index in [2.05, 4.69) is 26.2 Å². The van der Waals surface area contributed by atoms with Gasteiger partial charge in [0.1, 0.15) is 0 Å². The highest BCUT2D eigenvalue weighted by Crippen LogP contribution is 2.23. The van der Waals surface area contributed by atoms with E-state index in [1.54, 1.807) is 13.1 Å². The number of anilines is 1. The molecule has 0 saturated heterocycles. The van der Waals surface area contributed by atoms with E-state index in [1.165, 1.54) is 0 Å². The Morgan fingerprint density at radius 2 is 2.19 bits per heavy atom. The number of nitrogens with zero attached hydrogens (tertiary/aromatic N) is 1. The second-order valence-corrected chi connectivity index (χ2v) is 5.49. The molecule has 2 aromatic rings. The molecule has 1 aromatic heterocycles. The molecule has 110 valence electrons. The van der Waals surface area contributed by atoms with E-state index in [9.17, 15) is 4.79 Å². The first-order valence-electron chi connectivity index (χ1n) is 6.71. The molecular weight excluding hydrogens is 332 g/mol. The lowest BCUT2D eigenvalue weighted by Crippen LogP contribution is -2.23. The van der Waals surface area contributed by atoms with Crippen molar-refractivity contribution in [1.29, 1.82) is 0 Å². The van der Waals surface area contributed by atoms with Gasteiger partial charge in [0.25, 0.3) is 0 Å². The van der Waals surface area contributed by atoms with Gasteiger partial charge in [-0.25, -0.2) is 4.79 Å². The van der Waals surface area contributed by atoms with Gasteiger partial charge in [0.05, 0.1) is 6.61 Å². The van der Waals surface area contributed by atoms with Gasteiger partial charge in [-0.15, -0.1) is 0 Å². The van der Waals surface area contributed by atoms with Crippen LogP contribution in [0.15, 0.2) is 47.1 Å². The van der Waals surface area contributed by atoms with Crippen molar-refractivity contribution in [2.75, 3.05) is 11.9 Å². The van der Waals surface area contributed by atoms with Crippen molar-refractivity contribution in [2.24, 2.45) is 0 Å². The fourth-order valence-electron chi connectivity index (χ4n) is 1.90. The number of rotatable bonds is 5. The Morgan fingerprint density at radius 1 is 1.38 bits per heavy atom. The van der Waals surface area contributed by atoms with Gasteiger partial charge in [-0.3, -0.25) is 4.98 Å². The van der Waals surface area contributed by atoms with Gasteiger partial charge < -0.3 is 10.1 Å². The molecule has 2 rings (SSSR count). The third kappa shape index (κ3) is 4.29. The molecule has 0 bridgehead atoms. The zero-order chi connectivity index (χ0) is 15.2. The zero-order valence-corrected chi connectivity index (χ0v) is 13.6. The van der Waals surface area contributed by atoms with Crippen LogP contribution in [-0.4, -0.2) is 17.6 Å². The molecule has 0 aliphatic rings. The Balaban J connectivity index is 2.27. The number of halogens is 1. The molecule has 0 aliphatic carbocycles. The van der Waals surface area contributed by atoms with Crippen molar-refractivity contribution in [1.82, 2.24) is 4.98 Å². The topological polar surface area (TPSA) is 51.2 Å². The van der Waals surface area contributed by atoms with Gasteiger partial charge in [-0.1, -0.05) is 28.1 Å². The van der Waals surface area contributed by atoms with E-state index in [1.807, 2.05) is 43.3 Å². The molecule has 1 N–H and O–H groups in total. The van der Waals surface area contributed by atoms with Crippen molar-refractivity contribution in [3.8, 4) is 0 Å². The number of hydrogen-bond donors (Lipinski definition) is 1. The SMILES string of the molecule is CCOC(=O)C(Nc1cccc(Br)c1)c1ccc(C)nc1. The van der Waals surface area contributed by atoms with Crippen LogP contribution in [0.5, 0.6) is 0 Å². The average Bonchev–Trinajstić information content (AvgIpc) is 2.46. The highest BCUT2D eigenvalue weighted by atomic mass is 79.9. The molecule has 0 spiro atoms. The quantitative estimate of drug-likeness (QED) is 0.833. The highest BCUT2D eigenvalue weighted by molar-refractivity contribution is 9.10. The standard InChI is InChI=1S/C16H17BrN2O2/c1-3-21-16(20)15(12-8-7-11(2)18-10-12)19-14-6-4-5-13(17)9-14/h4-10,15,19H,3H2,1-2H3. The summed E-state index contributed by atoms with van der Waals surface area (Å²) < 4.78 is 6.09. The minimum Gasteiger partial charge on any atom is -0.464 e. The molecule has 0 saturated carbocycles. The van der Waals surface area contributed by atoms with Crippen LogP contribution in [0.4, 0.5) is 5.69 Å². The summed E-state index contributed by atoms with van der Waals surface area (Å²) in [5, 5.41) is 3.20. The average molecular weight is 349 g/mol. The van der Waals surface area contributed by atoms with E-state index in [0.29, 0.717) is 6.61 Å². The second kappa shape index (κ2) is 7.22.